The summed E-state index contributed by atoms with van der Waals surface area (Å²) in [5.74, 6) is 2.21. The summed E-state index contributed by atoms with van der Waals surface area (Å²) in [7, 11) is 1.66. The molecule has 2 rings (SSSR count). The topological polar surface area (TPSA) is 75.1 Å². The Morgan fingerprint density at radius 2 is 2.12 bits per heavy atom. The lowest BCUT2D eigenvalue weighted by molar-refractivity contribution is 0.0345. The predicted octanol–water partition coefficient (Wildman–Crippen LogP) is 1.54. The van der Waals surface area contributed by atoms with Crippen molar-refractivity contribution in [2.45, 2.75) is 32.4 Å². The summed E-state index contributed by atoms with van der Waals surface area (Å²) >= 11 is 0. The molecule has 0 aliphatic heterocycles. The van der Waals surface area contributed by atoms with Gasteiger partial charge in [0.2, 0.25) is 0 Å². The van der Waals surface area contributed by atoms with Crippen LogP contribution in [0.25, 0.3) is 0 Å². The number of aliphatic hydroxyl groups is 1. The first kappa shape index (κ1) is 18.5. The van der Waals surface area contributed by atoms with Gasteiger partial charge < -0.3 is 25.2 Å². The number of rotatable bonds is 10. The maximum atomic E-state index is 9.98. The maximum absolute atomic E-state index is 9.98. The first-order chi connectivity index (χ1) is 11.7. The fraction of sp³-hybridized carbons (Fsp3) is 0.611. The minimum Gasteiger partial charge on any atom is -0.496 e. The second-order valence-corrected chi connectivity index (χ2v) is 6.02. The van der Waals surface area contributed by atoms with Crippen molar-refractivity contribution in [3.8, 4) is 5.75 Å². The van der Waals surface area contributed by atoms with Crippen molar-refractivity contribution in [3.05, 3.63) is 29.8 Å². The van der Waals surface area contributed by atoms with Crippen molar-refractivity contribution in [3.63, 3.8) is 0 Å². The Morgan fingerprint density at radius 1 is 1.33 bits per heavy atom. The van der Waals surface area contributed by atoms with E-state index in [1.54, 1.807) is 7.11 Å². The van der Waals surface area contributed by atoms with E-state index in [0.29, 0.717) is 31.6 Å². The Morgan fingerprint density at radius 3 is 2.83 bits per heavy atom. The highest BCUT2D eigenvalue weighted by Gasteiger charge is 2.21. The fourth-order valence-corrected chi connectivity index (χ4v) is 2.27. The molecule has 0 aromatic heterocycles. The third-order valence-corrected chi connectivity index (χ3v) is 3.81. The molecule has 134 valence electrons. The fourth-order valence-electron chi connectivity index (χ4n) is 2.27. The van der Waals surface area contributed by atoms with Crippen LogP contribution in [-0.2, 0) is 11.3 Å². The van der Waals surface area contributed by atoms with Crippen molar-refractivity contribution in [1.29, 1.82) is 0 Å². The first-order valence-electron chi connectivity index (χ1n) is 8.62. The second-order valence-electron chi connectivity index (χ2n) is 6.02. The molecular formula is C18H29N3O3. The van der Waals surface area contributed by atoms with Gasteiger partial charge in [0.25, 0.3) is 0 Å². The molecule has 0 radical (unpaired) electrons. The highest BCUT2D eigenvalue weighted by molar-refractivity contribution is 5.79. The van der Waals surface area contributed by atoms with Gasteiger partial charge in [0.15, 0.2) is 5.96 Å². The molecule has 0 saturated heterocycles. The molecule has 1 unspecified atom stereocenters. The van der Waals surface area contributed by atoms with Crippen LogP contribution in [0, 0.1) is 5.92 Å². The number of hydrogen-bond acceptors (Lipinski definition) is 4. The smallest absolute Gasteiger partial charge is 0.191 e. The zero-order chi connectivity index (χ0) is 17.2. The highest BCUT2D eigenvalue weighted by atomic mass is 16.5. The average Bonchev–Trinajstić information content (AvgIpc) is 3.42. The molecule has 3 N–H and O–H groups in total. The Kier molecular flexibility index (Phi) is 7.85. The number of para-hydroxylation sites is 1. The minimum absolute atomic E-state index is 0.357. The number of guanidine groups is 1. The molecule has 0 amide bonds. The van der Waals surface area contributed by atoms with Crippen LogP contribution in [0.5, 0.6) is 5.75 Å². The van der Waals surface area contributed by atoms with Gasteiger partial charge in [-0.25, -0.2) is 4.99 Å². The van der Waals surface area contributed by atoms with Crippen LogP contribution in [-0.4, -0.2) is 50.6 Å². The van der Waals surface area contributed by atoms with Crippen molar-refractivity contribution in [2.75, 3.05) is 33.4 Å². The molecule has 1 aliphatic rings. The molecule has 0 heterocycles. The summed E-state index contributed by atoms with van der Waals surface area (Å²) in [6, 6.07) is 7.82. The molecular weight excluding hydrogens is 306 g/mol. The van der Waals surface area contributed by atoms with Crippen LogP contribution in [0.3, 0.4) is 0 Å². The molecule has 1 aromatic carbocycles. The Labute approximate surface area is 144 Å². The van der Waals surface area contributed by atoms with Crippen molar-refractivity contribution in [1.82, 2.24) is 10.6 Å². The molecule has 6 heteroatoms. The molecule has 0 bridgehead atoms. The maximum Gasteiger partial charge on any atom is 0.191 e. The molecule has 24 heavy (non-hydrogen) atoms. The second kappa shape index (κ2) is 10.2. The van der Waals surface area contributed by atoms with Gasteiger partial charge in [0.05, 0.1) is 26.4 Å². The summed E-state index contributed by atoms with van der Waals surface area (Å²) < 4.78 is 10.8. The molecule has 1 aromatic rings. The largest absolute Gasteiger partial charge is 0.496 e. The zero-order valence-corrected chi connectivity index (χ0v) is 14.6. The number of aliphatic imine (C=N–C) groups is 1. The van der Waals surface area contributed by atoms with Crippen LogP contribution < -0.4 is 15.4 Å². The van der Waals surface area contributed by atoms with Crippen LogP contribution in [0.4, 0.5) is 0 Å². The van der Waals surface area contributed by atoms with Crippen LogP contribution >= 0.6 is 0 Å². The lowest BCUT2D eigenvalue weighted by Crippen LogP contribution is -2.42. The van der Waals surface area contributed by atoms with Gasteiger partial charge in [0, 0.05) is 25.3 Å². The third-order valence-electron chi connectivity index (χ3n) is 3.81. The molecule has 0 spiro atoms. The average molecular weight is 335 g/mol. The number of aliphatic hydroxyl groups excluding tert-OH is 1. The SMILES string of the molecule is CCNC(=NCc1ccccc1OC)NCC(O)COCC1CC1. The first-order valence-corrected chi connectivity index (χ1v) is 8.62. The van der Waals surface area contributed by atoms with Crippen molar-refractivity contribution >= 4 is 5.96 Å². The van der Waals surface area contributed by atoms with Gasteiger partial charge in [-0.1, -0.05) is 18.2 Å². The van der Waals surface area contributed by atoms with E-state index in [9.17, 15) is 5.11 Å². The number of ether oxygens (including phenoxy) is 2. The Hall–Kier alpha value is -1.79. The zero-order valence-electron chi connectivity index (χ0n) is 14.6. The predicted molar refractivity (Wildman–Crippen MR) is 95.4 cm³/mol. The van der Waals surface area contributed by atoms with Crippen LogP contribution in [0.15, 0.2) is 29.3 Å². The van der Waals surface area contributed by atoms with Gasteiger partial charge >= 0.3 is 0 Å². The lowest BCUT2D eigenvalue weighted by atomic mass is 10.2. The summed E-state index contributed by atoms with van der Waals surface area (Å²) in [4.78, 5) is 4.55. The van der Waals surface area contributed by atoms with Crippen molar-refractivity contribution < 1.29 is 14.6 Å². The van der Waals surface area contributed by atoms with E-state index in [4.69, 9.17) is 9.47 Å². The van der Waals surface area contributed by atoms with Crippen LogP contribution in [0.1, 0.15) is 25.3 Å². The van der Waals surface area contributed by atoms with Gasteiger partial charge in [-0.05, 0) is 31.7 Å². The quantitative estimate of drug-likeness (QED) is 0.447. The molecule has 1 fully saturated rings. The summed E-state index contributed by atoms with van der Waals surface area (Å²) in [5, 5.41) is 16.3. The van der Waals surface area contributed by atoms with E-state index >= 15 is 0 Å². The van der Waals surface area contributed by atoms with E-state index in [-0.39, 0.29) is 0 Å². The van der Waals surface area contributed by atoms with E-state index in [1.807, 2.05) is 31.2 Å². The van der Waals surface area contributed by atoms with Gasteiger partial charge in [-0.3, -0.25) is 0 Å². The monoisotopic (exact) mass is 335 g/mol. The normalized spacial score (nSPS) is 15.9. The number of nitrogens with one attached hydrogen (secondary N) is 2. The van der Waals surface area contributed by atoms with E-state index in [1.165, 1.54) is 12.8 Å². The van der Waals surface area contributed by atoms with E-state index in [2.05, 4.69) is 15.6 Å². The Bertz CT molecular complexity index is 518. The van der Waals surface area contributed by atoms with Crippen LogP contribution in [0.2, 0.25) is 0 Å². The van der Waals surface area contributed by atoms with Gasteiger partial charge in [0.1, 0.15) is 5.75 Å². The Balaban J connectivity index is 1.78. The van der Waals surface area contributed by atoms with Gasteiger partial charge in [-0.15, -0.1) is 0 Å². The lowest BCUT2D eigenvalue weighted by Gasteiger charge is -2.15. The summed E-state index contributed by atoms with van der Waals surface area (Å²) in [5.41, 5.74) is 1.02. The number of methoxy groups -OCH3 is 1. The number of nitrogens with zero attached hydrogens (tertiary/aromatic N) is 1. The van der Waals surface area contributed by atoms with Crippen molar-refractivity contribution in [2.24, 2.45) is 10.9 Å². The summed E-state index contributed by atoms with van der Waals surface area (Å²) in [6.45, 7) is 4.80. The minimum atomic E-state index is -0.543. The molecule has 1 atom stereocenters. The van der Waals surface area contributed by atoms with E-state index in [0.717, 1.165) is 24.5 Å². The summed E-state index contributed by atoms with van der Waals surface area (Å²) in [6.07, 6.45) is 1.97. The molecule has 1 saturated carbocycles. The highest BCUT2D eigenvalue weighted by Crippen LogP contribution is 2.28. The van der Waals surface area contributed by atoms with Gasteiger partial charge in [-0.2, -0.15) is 0 Å². The van der Waals surface area contributed by atoms with E-state index < -0.39 is 6.10 Å². The third kappa shape index (κ3) is 6.76. The molecule has 1 aliphatic carbocycles. The number of benzene rings is 1. The number of hydrogen-bond donors (Lipinski definition) is 3. The standard InChI is InChI=1S/C18H29N3O3/c1-3-19-18(20-10-15-6-4-5-7-17(15)23-2)21-11-16(22)13-24-12-14-8-9-14/h4-7,14,16,22H,3,8-13H2,1-2H3,(H2,19,20,21). The molecule has 6 nitrogen and oxygen atoms in total.